The van der Waals surface area contributed by atoms with Gasteiger partial charge in [-0.2, -0.15) is 0 Å². The first-order valence-electron chi connectivity index (χ1n) is 5.86. The molecule has 0 radical (unpaired) electrons. The molecule has 1 aliphatic rings. The number of ether oxygens (including phenoxy) is 1. The Labute approximate surface area is 112 Å². The largest absolute Gasteiger partial charge is 0.493 e. The maximum atomic E-state index is 13.5. The van der Waals surface area contributed by atoms with Crippen LogP contribution in [0.5, 0.6) is 5.75 Å². The highest BCUT2D eigenvalue weighted by Gasteiger charge is 2.16. The number of para-hydroxylation sites is 1. The molecule has 17 heavy (non-hydrogen) atoms. The summed E-state index contributed by atoms with van der Waals surface area (Å²) >= 11 is 0. The SMILES string of the molecule is Br.COc1c(F)cccc1CC1CCCCN1. The van der Waals surface area contributed by atoms with Gasteiger partial charge in [0.15, 0.2) is 11.6 Å². The second kappa shape index (κ2) is 6.97. The maximum absolute atomic E-state index is 13.5. The molecule has 1 saturated heterocycles. The number of benzene rings is 1. The fourth-order valence-electron chi connectivity index (χ4n) is 2.31. The number of piperidine rings is 1. The van der Waals surface area contributed by atoms with Crippen LogP contribution in [0.1, 0.15) is 24.8 Å². The molecule has 0 bridgehead atoms. The summed E-state index contributed by atoms with van der Waals surface area (Å²) in [6, 6.07) is 5.59. The lowest BCUT2D eigenvalue weighted by molar-refractivity contribution is 0.366. The molecule has 1 fully saturated rings. The summed E-state index contributed by atoms with van der Waals surface area (Å²) in [4.78, 5) is 0. The van der Waals surface area contributed by atoms with E-state index >= 15 is 0 Å². The third kappa shape index (κ3) is 3.68. The van der Waals surface area contributed by atoms with E-state index in [2.05, 4.69) is 5.32 Å². The third-order valence-electron chi connectivity index (χ3n) is 3.13. The predicted molar refractivity (Wildman–Crippen MR) is 72.6 cm³/mol. The quantitative estimate of drug-likeness (QED) is 0.926. The van der Waals surface area contributed by atoms with Crippen LogP contribution in [0, 0.1) is 5.82 Å². The zero-order chi connectivity index (χ0) is 11.4. The van der Waals surface area contributed by atoms with Crippen LogP contribution in [0.4, 0.5) is 4.39 Å². The van der Waals surface area contributed by atoms with Gasteiger partial charge in [-0.25, -0.2) is 4.39 Å². The second-order valence-electron chi connectivity index (χ2n) is 4.28. The maximum Gasteiger partial charge on any atom is 0.165 e. The molecule has 2 nitrogen and oxygen atoms in total. The van der Waals surface area contributed by atoms with Crippen molar-refractivity contribution in [2.45, 2.75) is 31.7 Å². The molecular weight excluding hydrogens is 285 g/mol. The average Bonchev–Trinajstić information content (AvgIpc) is 2.31. The van der Waals surface area contributed by atoms with Gasteiger partial charge in [-0.3, -0.25) is 0 Å². The lowest BCUT2D eigenvalue weighted by Crippen LogP contribution is -2.35. The van der Waals surface area contributed by atoms with Crippen LogP contribution >= 0.6 is 17.0 Å². The van der Waals surface area contributed by atoms with Gasteiger partial charge in [0.25, 0.3) is 0 Å². The lowest BCUT2D eigenvalue weighted by Gasteiger charge is -2.24. The summed E-state index contributed by atoms with van der Waals surface area (Å²) in [6.45, 7) is 1.07. The fourth-order valence-corrected chi connectivity index (χ4v) is 2.31. The molecular formula is C13H19BrFNO. The Kier molecular flexibility index (Phi) is 5.92. The molecule has 1 aliphatic heterocycles. The van der Waals surface area contributed by atoms with Crippen molar-refractivity contribution in [3.05, 3.63) is 29.6 Å². The van der Waals surface area contributed by atoms with Crippen molar-refractivity contribution in [1.29, 1.82) is 0 Å². The zero-order valence-electron chi connectivity index (χ0n) is 10.0. The number of rotatable bonds is 3. The molecule has 1 atom stereocenters. The lowest BCUT2D eigenvalue weighted by atomic mass is 9.97. The van der Waals surface area contributed by atoms with Crippen molar-refractivity contribution in [2.75, 3.05) is 13.7 Å². The molecule has 1 aromatic carbocycles. The number of nitrogens with one attached hydrogen (secondary N) is 1. The minimum absolute atomic E-state index is 0. The summed E-state index contributed by atoms with van der Waals surface area (Å²) in [6.07, 6.45) is 4.52. The van der Waals surface area contributed by atoms with Crippen LogP contribution in [0.3, 0.4) is 0 Å². The van der Waals surface area contributed by atoms with E-state index in [-0.39, 0.29) is 22.8 Å². The van der Waals surface area contributed by atoms with Crippen LogP contribution in [-0.2, 0) is 6.42 Å². The molecule has 1 unspecified atom stereocenters. The molecule has 1 N–H and O–H groups in total. The van der Waals surface area contributed by atoms with Gasteiger partial charge in [0, 0.05) is 6.04 Å². The van der Waals surface area contributed by atoms with E-state index in [0.29, 0.717) is 11.8 Å². The van der Waals surface area contributed by atoms with E-state index in [0.717, 1.165) is 18.5 Å². The Hall–Kier alpha value is -0.610. The van der Waals surface area contributed by atoms with E-state index in [9.17, 15) is 4.39 Å². The van der Waals surface area contributed by atoms with Gasteiger partial charge in [-0.05, 0) is 37.4 Å². The summed E-state index contributed by atoms with van der Waals surface area (Å²) in [5.74, 6) is 0.130. The Bertz CT molecular complexity index is 353. The van der Waals surface area contributed by atoms with Crippen molar-refractivity contribution in [3.8, 4) is 5.75 Å². The average molecular weight is 304 g/mol. The number of hydrogen-bond donors (Lipinski definition) is 1. The molecule has 1 heterocycles. The first-order chi connectivity index (χ1) is 7.81. The molecule has 96 valence electrons. The first-order valence-corrected chi connectivity index (χ1v) is 5.86. The van der Waals surface area contributed by atoms with E-state index in [1.807, 2.05) is 6.07 Å². The van der Waals surface area contributed by atoms with Gasteiger partial charge in [-0.15, -0.1) is 17.0 Å². The normalized spacial score (nSPS) is 19.5. The number of methoxy groups -OCH3 is 1. The highest BCUT2D eigenvalue weighted by molar-refractivity contribution is 8.93. The van der Waals surface area contributed by atoms with Crippen LogP contribution in [0.15, 0.2) is 18.2 Å². The van der Waals surface area contributed by atoms with Crippen molar-refractivity contribution >= 4 is 17.0 Å². The van der Waals surface area contributed by atoms with Crippen molar-refractivity contribution in [1.82, 2.24) is 5.32 Å². The topological polar surface area (TPSA) is 21.3 Å². The molecule has 0 spiro atoms. The Morgan fingerprint density at radius 2 is 2.24 bits per heavy atom. The minimum atomic E-state index is -0.268. The molecule has 0 amide bonds. The van der Waals surface area contributed by atoms with Gasteiger partial charge in [0.1, 0.15) is 0 Å². The number of hydrogen-bond acceptors (Lipinski definition) is 2. The van der Waals surface area contributed by atoms with Crippen molar-refractivity contribution in [2.24, 2.45) is 0 Å². The van der Waals surface area contributed by atoms with Crippen LogP contribution < -0.4 is 10.1 Å². The second-order valence-corrected chi connectivity index (χ2v) is 4.28. The summed E-state index contributed by atoms with van der Waals surface area (Å²) in [5, 5.41) is 3.46. The zero-order valence-corrected chi connectivity index (χ0v) is 11.8. The summed E-state index contributed by atoms with van der Waals surface area (Å²) < 4.78 is 18.6. The van der Waals surface area contributed by atoms with Crippen molar-refractivity contribution in [3.63, 3.8) is 0 Å². The Morgan fingerprint density at radius 1 is 1.41 bits per heavy atom. The van der Waals surface area contributed by atoms with E-state index < -0.39 is 0 Å². The van der Waals surface area contributed by atoms with Gasteiger partial charge in [-0.1, -0.05) is 18.6 Å². The van der Waals surface area contributed by atoms with E-state index in [1.54, 1.807) is 6.07 Å². The van der Waals surface area contributed by atoms with Crippen molar-refractivity contribution < 1.29 is 9.13 Å². The van der Waals surface area contributed by atoms with Crippen LogP contribution in [-0.4, -0.2) is 19.7 Å². The highest BCUT2D eigenvalue weighted by Crippen LogP contribution is 2.24. The van der Waals surface area contributed by atoms with Gasteiger partial charge in [0.05, 0.1) is 7.11 Å². The summed E-state index contributed by atoms with van der Waals surface area (Å²) in [7, 11) is 1.52. The Morgan fingerprint density at radius 3 is 2.88 bits per heavy atom. The molecule has 2 rings (SSSR count). The third-order valence-corrected chi connectivity index (χ3v) is 3.13. The minimum Gasteiger partial charge on any atom is -0.493 e. The standard InChI is InChI=1S/C13H18FNO.BrH/c1-16-13-10(5-4-7-12(13)14)9-11-6-2-3-8-15-11;/h4-5,7,11,15H,2-3,6,8-9H2,1H3;1H. The highest BCUT2D eigenvalue weighted by atomic mass is 79.9. The monoisotopic (exact) mass is 303 g/mol. The predicted octanol–water partition coefficient (Wildman–Crippen LogP) is 3.10. The Balaban J connectivity index is 0.00000144. The van der Waals surface area contributed by atoms with Gasteiger partial charge in [0.2, 0.25) is 0 Å². The molecule has 0 aliphatic carbocycles. The van der Waals surface area contributed by atoms with Crippen LogP contribution in [0.25, 0.3) is 0 Å². The molecule has 1 aromatic rings. The van der Waals surface area contributed by atoms with Crippen LogP contribution in [0.2, 0.25) is 0 Å². The van der Waals surface area contributed by atoms with E-state index in [4.69, 9.17) is 4.74 Å². The summed E-state index contributed by atoms with van der Waals surface area (Å²) in [5.41, 5.74) is 0.960. The van der Waals surface area contributed by atoms with Gasteiger partial charge >= 0.3 is 0 Å². The first kappa shape index (κ1) is 14.5. The van der Waals surface area contributed by atoms with E-state index in [1.165, 1.54) is 32.4 Å². The smallest absolute Gasteiger partial charge is 0.165 e. The number of halogens is 2. The molecule has 0 aromatic heterocycles. The fraction of sp³-hybridized carbons (Fsp3) is 0.538. The van der Waals surface area contributed by atoms with Gasteiger partial charge < -0.3 is 10.1 Å². The molecule has 4 heteroatoms. The molecule has 0 saturated carbocycles.